The molecule has 0 aromatic carbocycles. The van der Waals surface area contributed by atoms with Crippen molar-refractivity contribution >= 4 is 11.8 Å². The van der Waals surface area contributed by atoms with Crippen LogP contribution >= 0.6 is 0 Å². The molecule has 0 radical (unpaired) electrons. The van der Waals surface area contributed by atoms with Crippen LogP contribution in [0.25, 0.3) is 0 Å². The fraction of sp³-hybridized carbons (Fsp3) is 0.857. The maximum atomic E-state index is 11.4. The third kappa shape index (κ3) is 1.95. The fourth-order valence-corrected chi connectivity index (χ4v) is 4.98. The number of primary amides is 1. The Morgan fingerprint density at radius 2 is 1.68 bits per heavy atom. The van der Waals surface area contributed by atoms with Crippen LogP contribution < -0.4 is 11.1 Å². The number of hydrogen-bond donors (Lipinski definition) is 2. The number of rotatable bonds is 3. The molecule has 0 atom stereocenters. The van der Waals surface area contributed by atoms with Crippen molar-refractivity contribution in [2.75, 3.05) is 13.7 Å². The number of carbonyl (C=O) groups is 2. The molecule has 5 nitrogen and oxygen atoms in total. The standard InChI is InChI=1S/C14H22N2O3/c1-19-14(7-16-13(18)12(15)17)10-3-8-2-9(5-10)6-11(14)4-8/h8-11H,2-7H2,1H3,(H2,15,17)(H,16,18). The Kier molecular flexibility index (Phi) is 3.04. The van der Waals surface area contributed by atoms with Crippen LogP contribution in [0, 0.1) is 23.7 Å². The first kappa shape index (κ1) is 12.9. The van der Waals surface area contributed by atoms with Gasteiger partial charge in [0.1, 0.15) is 0 Å². The molecule has 0 aliphatic heterocycles. The normalized spacial score (nSPS) is 43.2. The number of nitrogens with two attached hydrogens (primary N) is 1. The summed E-state index contributed by atoms with van der Waals surface area (Å²) in [7, 11) is 1.73. The van der Waals surface area contributed by atoms with Crippen molar-refractivity contribution in [3.8, 4) is 0 Å². The van der Waals surface area contributed by atoms with Crippen LogP contribution in [0.15, 0.2) is 0 Å². The van der Waals surface area contributed by atoms with E-state index in [1.807, 2.05) is 0 Å². The van der Waals surface area contributed by atoms with Crippen LogP contribution in [0.1, 0.15) is 32.1 Å². The summed E-state index contributed by atoms with van der Waals surface area (Å²) in [5.74, 6) is 1.10. The van der Waals surface area contributed by atoms with Gasteiger partial charge in [0, 0.05) is 13.7 Å². The van der Waals surface area contributed by atoms with Crippen LogP contribution in [-0.2, 0) is 14.3 Å². The van der Waals surface area contributed by atoms with Crippen LogP contribution in [0.3, 0.4) is 0 Å². The SMILES string of the molecule is COC1(CNC(=O)C(N)=O)C2CC3CC(C2)CC1C3. The zero-order chi connectivity index (χ0) is 13.6. The molecule has 19 heavy (non-hydrogen) atoms. The molecule has 3 N–H and O–H groups in total. The van der Waals surface area contributed by atoms with E-state index in [1.54, 1.807) is 7.11 Å². The summed E-state index contributed by atoms with van der Waals surface area (Å²) >= 11 is 0. The summed E-state index contributed by atoms with van der Waals surface area (Å²) in [6.07, 6.45) is 6.18. The summed E-state index contributed by atoms with van der Waals surface area (Å²) in [5.41, 5.74) is 4.71. The van der Waals surface area contributed by atoms with Crippen molar-refractivity contribution in [3.05, 3.63) is 0 Å². The van der Waals surface area contributed by atoms with Crippen molar-refractivity contribution in [1.82, 2.24) is 5.32 Å². The molecular formula is C14H22N2O3. The van der Waals surface area contributed by atoms with E-state index in [4.69, 9.17) is 10.5 Å². The monoisotopic (exact) mass is 266 g/mol. The minimum atomic E-state index is -0.921. The van der Waals surface area contributed by atoms with Gasteiger partial charge in [0.25, 0.3) is 0 Å². The van der Waals surface area contributed by atoms with Crippen LogP contribution in [0.2, 0.25) is 0 Å². The molecule has 2 amide bonds. The highest BCUT2D eigenvalue weighted by Crippen LogP contribution is 2.59. The first-order valence-electron chi connectivity index (χ1n) is 7.18. The summed E-state index contributed by atoms with van der Waals surface area (Å²) in [6.45, 7) is 0.417. The van der Waals surface area contributed by atoms with Crippen molar-refractivity contribution in [2.24, 2.45) is 29.4 Å². The second kappa shape index (κ2) is 4.47. The van der Waals surface area contributed by atoms with Gasteiger partial charge >= 0.3 is 11.8 Å². The van der Waals surface area contributed by atoms with Crippen molar-refractivity contribution < 1.29 is 14.3 Å². The van der Waals surface area contributed by atoms with Crippen LogP contribution in [-0.4, -0.2) is 31.1 Å². The lowest BCUT2D eigenvalue weighted by Crippen LogP contribution is -2.63. The highest BCUT2D eigenvalue weighted by atomic mass is 16.5. The van der Waals surface area contributed by atoms with Crippen molar-refractivity contribution in [2.45, 2.75) is 37.7 Å². The van der Waals surface area contributed by atoms with Gasteiger partial charge in [-0.1, -0.05) is 0 Å². The number of methoxy groups -OCH3 is 1. The minimum Gasteiger partial charge on any atom is -0.376 e. The molecule has 0 heterocycles. The van der Waals surface area contributed by atoms with Gasteiger partial charge in [-0.15, -0.1) is 0 Å². The van der Waals surface area contributed by atoms with Crippen LogP contribution in [0.4, 0.5) is 0 Å². The van der Waals surface area contributed by atoms with E-state index < -0.39 is 11.8 Å². The fourth-order valence-electron chi connectivity index (χ4n) is 4.98. The Morgan fingerprint density at radius 1 is 1.16 bits per heavy atom. The highest BCUT2D eigenvalue weighted by molar-refractivity contribution is 6.34. The molecule has 106 valence electrons. The average molecular weight is 266 g/mol. The van der Waals surface area contributed by atoms with Gasteiger partial charge in [0.05, 0.1) is 5.60 Å². The van der Waals surface area contributed by atoms with E-state index in [1.165, 1.54) is 32.1 Å². The smallest absolute Gasteiger partial charge is 0.309 e. The molecule has 0 unspecified atom stereocenters. The largest absolute Gasteiger partial charge is 0.376 e. The molecule has 4 saturated carbocycles. The number of amides is 2. The second-order valence-electron chi connectivity index (χ2n) is 6.51. The predicted molar refractivity (Wildman–Crippen MR) is 69.0 cm³/mol. The molecule has 0 aromatic rings. The molecule has 4 rings (SSSR count). The maximum absolute atomic E-state index is 11.4. The number of ether oxygens (including phenoxy) is 1. The first-order valence-corrected chi connectivity index (χ1v) is 7.18. The zero-order valence-electron chi connectivity index (χ0n) is 11.4. The Labute approximate surface area is 113 Å². The number of carbonyl (C=O) groups excluding carboxylic acids is 2. The number of hydrogen-bond acceptors (Lipinski definition) is 3. The van der Waals surface area contributed by atoms with E-state index in [2.05, 4.69) is 5.32 Å². The second-order valence-corrected chi connectivity index (χ2v) is 6.51. The summed E-state index contributed by atoms with van der Waals surface area (Å²) in [5, 5.41) is 2.66. The summed E-state index contributed by atoms with van der Waals surface area (Å²) < 4.78 is 5.88. The lowest BCUT2D eigenvalue weighted by molar-refractivity contribution is -0.188. The van der Waals surface area contributed by atoms with E-state index in [9.17, 15) is 9.59 Å². The zero-order valence-corrected chi connectivity index (χ0v) is 11.4. The predicted octanol–water partition coefficient (Wildman–Crippen LogP) is 0.429. The molecule has 4 aliphatic rings. The molecule has 4 bridgehead atoms. The molecule has 5 heteroatoms. The van der Waals surface area contributed by atoms with Crippen LogP contribution in [0.5, 0.6) is 0 Å². The Morgan fingerprint density at radius 3 is 2.11 bits per heavy atom. The van der Waals surface area contributed by atoms with Crippen molar-refractivity contribution in [3.63, 3.8) is 0 Å². The maximum Gasteiger partial charge on any atom is 0.309 e. The van der Waals surface area contributed by atoms with E-state index in [-0.39, 0.29) is 5.60 Å². The van der Waals surface area contributed by atoms with Gasteiger partial charge in [-0.3, -0.25) is 9.59 Å². The molecular weight excluding hydrogens is 244 g/mol. The minimum absolute atomic E-state index is 0.279. The van der Waals surface area contributed by atoms with Gasteiger partial charge in [-0.2, -0.15) is 0 Å². The highest BCUT2D eigenvalue weighted by Gasteiger charge is 2.57. The molecule has 4 aliphatic carbocycles. The quantitative estimate of drug-likeness (QED) is 0.727. The van der Waals surface area contributed by atoms with Gasteiger partial charge in [-0.25, -0.2) is 0 Å². The molecule has 4 fully saturated rings. The Hall–Kier alpha value is -1.10. The molecule has 0 aromatic heterocycles. The summed E-state index contributed by atoms with van der Waals surface area (Å²) in [4.78, 5) is 22.2. The molecule has 0 spiro atoms. The lowest BCUT2D eigenvalue weighted by Gasteiger charge is -2.60. The summed E-state index contributed by atoms with van der Waals surface area (Å²) in [6, 6.07) is 0. The Balaban J connectivity index is 1.75. The van der Waals surface area contributed by atoms with Crippen molar-refractivity contribution in [1.29, 1.82) is 0 Å². The lowest BCUT2D eigenvalue weighted by atomic mass is 9.49. The van der Waals surface area contributed by atoms with E-state index >= 15 is 0 Å². The third-order valence-electron chi connectivity index (χ3n) is 5.65. The van der Waals surface area contributed by atoms with E-state index in [0.29, 0.717) is 18.4 Å². The Bertz CT molecular complexity index is 379. The van der Waals surface area contributed by atoms with E-state index in [0.717, 1.165) is 11.8 Å². The topological polar surface area (TPSA) is 81.4 Å². The van der Waals surface area contributed by atoms with Gasteiger partial charge in [0.2, 0.25) is 0 Å². The third-order valence-corrected chi connectivity index (χ3v) is 5.65. The molecule has 0 saturated heterocycles. The van der Waals surface area contributed by atoms with Gasteiger partial charge in [0.15, 0.2) is 0 Å². The average Bonchev–Trinajstić information content (AvgIpc) is 2.37. The van der Waals surface area contributed by atoms with Gasteiger partial charge in [-0.05, 0) is 55.8 Å². The number of nitrogens with one attached hydrogen (secondary N) is 1. The first-order chi connectivity index (χ1) is 9.05. The van der Waals surface area contributed by atoms with Gasteiger partial charge < -0.3 is 15.8 Å².